The maximum atomic E-state index is 15.0. The Kier molecular flexibility index (Phi) is 14.1. The molecule has 3 amide bonds. The molecule has 3 aliphatic heterocycles. The van der Waals surface area contributed by atoms with Gasteiger partial charge in [0.2, 0.25) is 21.8 Å². The van der Waals surface area contributed by atoms with Crippen molar-refractivity contribution in [2.45, 2.75) is 127 Å². The molecule has 17 nitrogen and oxygen atoms in total. The topological polar surface area (TPSA) is 219 Å². The molecular formula is C49H61N7O10S2. The zero-order valence-electron chi connectivity index (χ0n) is 39.3. The fourth-order valence-electron chi connectivity index (χ4n) is 9.20. The van der Waals surface area contributed by atoms with Gasteiger partial charge in [-0.25, -0.2) is 28.0 Å². The van der Waals surface area contributed by atoms with Gasteiger partial charge in [-0.2, -0.15) is 4.31 Å². The van der Waals surface area contributed by atoms with Crippen LogP contribution in [0.25, 0.3) is 22.3 Å². The molecule has 1 saturated carbocycles. The predicted molar refractivity (Wildman–Crippen MR) is 257 cm³/mol. The molecule has 0 bridgehead atoms. The largest absolute Gasteiger partial charge is 0.497 e. The number of hydrogen-bond acceptors (Lipinski definition) is 13. The minimum atomic E-state index is -3.87. The number of fused-ring (bicyclic) bond motifs is 4. The Hall–Kier alpha value is -5.79. The van der Waals surface area contributed by atoms with Crippen molar-refractivity contribution in [3.8, 4) is 22.9 Å². The van der Waals surface area contributed by atoms with Crippen molar-refractivity contribution in [1.82, 2.24) is 29.8 Å². The van der Waals surface area contributed by atoms with E-state index in [1.165, 1.54) is 20.5 Å². The molecule has 4 N–H and O–H groups in total. The highest BCUT2D eigenvalue weighted by molar-refractivity contribution is 7.89. The molecule has 6 atom stereocenters. The van der Waals surface area contributed by atoms with Crippen molar-refractivity contribution in [2.75, 3.05) is 32.1 Å². The lowest BCUT2D eigenvalue weighted by atomic mass is 9.89. The minimum Gasteiger partial charge on any atom is -0.497 e. The molecule has 2 fully saturated rings. The first-order valence-electron chi connectivity index (χ1n) is 23.3. The van der Waals surface area contributed by atoms with Gasteiger partial charge in [-0.1, -0.05) is 64.0 Å². The number of aromatic nitrogens is 2. The number of carboxylic acid groups (broad SMARTS) is 1. The lowest BCUT2D eigenvalue weighted by Crippen LogP contribution is -2.57. The smallest absolute Gasteiger partial charge is 0.408 e. The maximum absolute atomic E-state index is 15.0. The Bertz CT molecular complexity index is 2700. The van der Waals surface area contributed by atoms with Crippen LogP contribution in [0.2, 0.25) is 0 Å². The van der Waals surface area contributed by atoms with Crippen molar-refractivity contribution >= 4 is 61.3 Å². The van der Waals surface area contributed by atoms with Crippen LogP contribution in [-0.4, -0.2) is 119 Å². The second-order valence-electron chi connectivity index (χ2n) is 19.5. The van der Waals surface area contributed by atoms with Gasteiger partial charge in [0.05, 0.1) is 36.3 Å². The van der Waals surface area contributed by atoms with Gasteiger partial charge in [-0.15, -0.1) is 11.3 Å². The normalized spacial score (nSPS) is 24.7. The van der Waals surface area contributed by atoms with E-state index in [0.29, 0.717) is 59.5 Å². The quantitative estimate of drug-likeness (QED) is 0.114. The SMILES string of the molecule is COc1ccc2c(O[C@@H]3C[C@H]4C(=O)N[C@]5(C(=O)O)CC5C=CCCCCC[C@H](NC(=O)OC(CN5CCc6ccccc6S5(=O)=O)C(C)(C)C)C(=O)N4C3)cc(-c3csc(NC(C)C)n3)nc2c1. The first-order valence-corrected chi connectivity index (χ1v) is 25.6. The van der Waals surface area contributed by atoms with Crippen LogP contribution in [0.5, 0.6) is 11.5 Å². The Morgan fingerprint density at radius 1 is 1.06 bits per heavy atom. The third-order valence-corrected chi connectivity index (χ3v) is 15.9. The Balaban J connectivity index is 1.08. The highest BCUT2D eigenvalue weighted by Crippen LogP contribution is 2.46. The number of nitrogens with one attached hydrogen (secondary N) is 3. The zero-order chi connectivity index (χ0) is 48.5. The molecule has 2 aromatic heterocycles. The predicted octanol–water partition coefficient (Wildman–Crippen LogP) is 6.77. The van der Waals surface area contributed by atoms with Crippen LogP contribution in [0.1, 0.15) is 85.1 Å². The number of amides is 3. The number of carboxylic acids is 1. The van der Waals surface area contributed by atoms with Crippen molar-refractivity contribution in [2.24, 2.45) is 11.3 Å². The molecule has 2 unspecified atom stereocenters. The molecule has 1 saturated heterocycles. The summed E-state index contributed by atoms with van der Waals surface area (Å²) in [6, 6.07) is 11.9. The summed E-state index contributed by atoms with van der Waals surface area (Å²) in [6.07, 6.45) is 4.86. The fourth-order valence-corrected chi connectivity index (χ4v) is 11.7. The third-order valence-electron chi connectivity index (χ3n) is 13.2. The maximum Gasteiger partial charge on any atom is 0.408 e. The second-order valence-corrected chi connectivity index (χ2v) is 22.3. The Labute approximate surface area is 401 Å². The average molecular weight is 972 g/mol. The molecule has 0 spiro atoms. The van der Waals surface area contributed by atoms with E-state index in [9.17, 15) is 27.9 Å². The summed E-state index contributed by atoms with van der Waals surface area (Å²) in [5, 5.41) is 22.6. The molecule has 5 heterocycles. The molecule has 4 aliphatic rings. The average Bonchev–Trinajstić information content (AvgIpc) is 3.55. The van der Waals surface area contributed by atoms with E-state index in [0.717, 1.165) is 17.1 Å². The third kappa shape index (κ3) is 10.4. The molecular weight excluding hydrogens is 911 g/mol. The van der Waals surface area contributed by atoms with E-state index in [2.05, 4.69) is 16.0 Å². The number of rotatable bonds is 11. The zero-order valence-corrected chi connectivity index (χ0v) is 41.0. The van der Waals surface area contributed by atoms with Crippen LogP contribution in [0, 0.1) is 11.3 Å². The number of carbonyl (C=O) groups is 4. The van der Waals surface area contributed by atoms with E-state index in [1.807, 2.05) is 58.2 Å². The molecule has 2 aromatic carbocycles. The van der Waals surface area contributed by atoms with Gasteiger partial charge in [-0.05, 0) is 69.7 Å². The number of anilines is 1. The van der Waals surface area contributed by atoms with Crippen LogP contribution in [0.4, 0.5) is 9.93 Å². The standard InChI is InChI=1S/C49H61N7O10S2/c1-29(2)50-46-52-38(28-67-46)37-24-40(34-19-18-32(64-6)22-36(34)51-37)65-33-23-39-43(57)54-49(45(59)60)25-31(49)15-10-8-7-9-11-16-35(44(58)56(39)26-33)53-47(61)66-42(48(3,4)5)27-55-21-20-30-14-12-13-17-41(30)68(55,62)63/h10,12-15,17-19,22,24,28-29,31,33,35,39,42H,7-9,11,16,20-21,23,25-27H2,1-6H3,(H,50,52)(H,53,61)(H,54,57)(H,59,60)/t31?,33-,35+,39+,42?,49-/m1/s1. The molecule has 19 heteroatoms. The first kappa shape index (κ1) is 48.7. The number of nitrogens with zero attached hydrogens (tertiary/aromatic N) is 4. The van der Waals surface area contributed by atoms with Gasteiger partial charge in [-0.3, -0.25) is 9.59 Å². The molecule has 4 aromatic rings. The van der Waals surface area contributed by atoms with Gasteiger partial charge >= 0.3 is 12.1 Å². The van der Waals surface area contributed by atoms with Crippen LogP contribution in [0.15, 0.2) is 71.0 Å². The number of carbonyl (C=O) groups excluding carboxylic acids is 3. The molecule has 364 valence electrons. The summed E-state index contributed by atoms with van der Waals surface area (Å²) < 4.78 is 47.2. The molecule has 0 radical (unpaired) electrons. The number of hydrogen-bond donors (Lipinski definition) is 4. The molecule has 1 aliphatic carbocycles. The number of thiazole rings is 1. The summed E-state index contributed by atoms with van der Waals surface area (Å²) in [7, 11) is -2.31. The first-order chi connectivity index (χ1) is 32.4. The van der Waals surface area contributed by atoms with Gasteiger partial charge in [0.25, 0.3) is 0 Å². The number of alkyl carbamates (subject to hydrolysis) is 1. The van der Waals surface area contributed by atoms with Crippen molar-refractivity contribution in [3.63, 3.8) is 0 Å². The lowest BCUT2D eigenvalue weighted by Gasteiger charge is -2.36. The summed E-state index contributed by atoms with van der Waals surface area (Å²) in [6.45, 7) is 9.65. The summed E-state index contributed by atoms with van der Waals surface area (Å²) >= 11 is 1.44. The lowest BCUT2D eigenvalue weighted by molar-refractivity contribution is -0.145. The van der Waals surface area contributed by atoms with Crippen LogP contribution in [0.3, 0.4) is 0 Å². The van der Waals surface area contributed by atoms with Crippen LogP contribution >= 0.6 is 11.3 Å². The van der Waals surface area contributed by atoms with E-state index in [4.69, 9.17) is 24.2 Å². The Morgan fingerprint density at radius 3 is 2.60 bits per heavy atom. The van der Waals surface area contributed by atoms with E-state index < -0.39 is 75.1 Å². The number of sulfonamides is 1. The van der Waals surface area contributed by atoms with Gasteiger partial charge in [0, 0.05) is 53.2 Å². The van der Waals surface area contributed by atoms with Crippen molar-refractivity contribution < 1.29 is 46.9 Å². The number of pyridine rings is 1. The van der Waals surface area contributed by atoms with Crippen LogP contribution in [-0.2, 0) is 35.6 Å². The van der Waals surface area contributed by atoms with Crippen LogP contribution < -0.4 is 25.4 Å². The van der Waals surface area contributed by atoms with E-state index in [1.54, 1.807) is 49.6 Å². The number of benzene rings is 2. The monoisotopic (exact) mass is 971 g/mol. The summed E-state index contributed by atoms with van der Waals surface area (Å²) in [4.78, 5) is 67.6. The highest BCUT2D eigenvalue weighted by atomic mass is 32.2. The molecule has 8 rings (SSSR count). The fraction of sp³-hybridized carbons (Fsp3) is 0.510. The van der Waals surface area contributed by atoms with Crippen molar-refractivity contribution in [3.05, 3.63) is 71.6 Å². The highest BCUT2D eigenvalue weighted by Gasteiger charge is 2.61. The number of ether oxygens (including phenoxy) is 3. The second kappa shape index (κ2) is 19.7. The number of allylic oxidation sites excluding steroid dienone is 1. The molecule has 68 heavy (non-hydrogen) atoms. The van der Waals surface area contributed by atoms with Gasteiger partial charge < -0.3 is 40.2 Å². The number of methoxy groups -OCH3 is 1. The minimum absolute atomic E-state index is 0.0128. The Morgan fingerprint density at radius 2 is 1.85 bits per heavy atom. The summed E-state index contributed by atoms with van der Waals surface area (Å²) in [5.74, 6) is -1.77. The van der Waals surface area contributed by atoms with E-state index >= 15 is 4.79 Å². The van der Waals surface area contributed by atoms with Gasteiger partial charge in [0.15, 0.2) is 5.13 Å². The van der Waals surface area contributed by atoms with E-state index in [-0.39, 0.29) is 49.8 Å². The number of aliphatic carboxylic acids is 1. The summed E-state index contributed by atoms with van der Waals surface area (Å²) in [5.41, 5.74) is 0.216. The van der Waals surface area contributed by atoms with Gasteiger partial charge in [0.1, 0.15) is 47.0 Å². The van der Waals surface area contributed by atoms with Crippen molar-refractivity contribution in [1.29, 1.82) is 0 Å².